The van der Waals surface area contributed by atoms with E-state index in [1.54, 1.807) is 11.8 Å². The van der Waals surface area contributed by atoms with Crippen molar-refractivity contribution in [3.05, 3.63) is 30.3 Å². The van der Waals surface area contributed by atoms with E-state index in [0.717, 1.165) is 31.7 Å². The average molecular weight is 279 g/mol. The van der Waals surface area contributed by atoms with Crippen molar-refractivity contribution < 1.29 is 9.53 Å². The van der Waals surface area contributed by atoms with Crippen LogP contribution in [0.15, 0.2) is 35.2 Å². The van der Waals surface area contributed by atoms with E-state index in [0.29, 0.717) is 0 Å². The molecule has 0 unspecified atom stereocenters. The van der Waals surface area contributed by atoms with Crippen molar-refractivity contribution in [3.8, 4) is 0 Å². The van der Waals surface area contributed by atoms with Crippen LogP contribution in [0.3, 0.4) is 0 Å². The summed E-state index contributed by atoms with van der Waals surface area (Å²) in [6.07, 6.45) is 1.77. The maximum Gasteiger partial charge on any atom is 0.312 e. The van der Waals surface area contributed by atoms with Gasteiger partial charge in [0.1, 0.15) is 0 Å². The molecule has 104 valence electrons. The van der Waals surface area contributed by atoms with Crippen LogP contribution in [0.25, 0.3) is 0 Å². The molecule has 3 nitrogen and oxygen atoms in total. The van der Waals surface area contributed by atoms with E-state index in [4.69, 9.17) is 4.74 Å². The lowest BCUT2D eigenvalue weighted by Gasteiger charge is -2.38. The normalized spacial score (nSPS) is 19.1. The summed E-state index contributed by atoms with van der Waals surface area (Å²) in [5.41, 5.74) is -0.318. The predicted octanol–water partition coefficient (Wildman–Crippen LogP) is 2.66. The Morgan fingerprint density at radius 3 is 2.53 bits per heavy atom. The molecular weight excluding hydrogens is 258 g/mol. The number of thioether (sulfide) groups is 1. The Kier molecular flexibility index (Phi) is 4.88. The van der Waals surface area contributed by atoms with E-state index in [9.17, 15) is 4.79 Å². The van der Waals surface area contributed by atoms with E-state index in [-0.39, 0.29) is 11.4 Å². The Morgan fingerprint density at radius 2 is 1.95 bits per heavy atom. The molecule has 0 amide bonds. The minimum absolute atomic E-state index is 0.0518. The number of methoxy groups -OCH3 is 1. The zero-order valence-corrected chi connectivity index (χ0v) is 12.4. The molecule has 0 saturated carbocycles. The summed E-state index contributed by atoms with van der Waals surface area (Å²) < 4.78 is 5.05. The molecule has 1 aliphatic rings. The van der Waals surface area contributed by atoms with Gasteiger partial charge < -0.3 is 9.64 Å². The summed E-state index contributed by atoms with van der Waals surface area (Å²) >= 11 is 1.75. The van der Waals surface area contributed by atoms with Gasteiger partial charge in [-0.25, -0.2) is 0 Å². The zero-order chi connectivity index (χ0) is 13.7. The third kappa shape index (κ3) is 3.51. The van der Waals surface area contributed by atoms with Gasteiger partial charge in [-0.05, 0) is 45.1 Å². The maximum absolute atomic E-state index is 12.2. The fraction of sp³-hybridized carbons (Fsp3) is 0.533. The monoisotopic (exact) mass is 279 g/mol. The molecule has 0 bridgehead atoms. The minimum atomic E-state index is -0.318. The third-order valence-electron chi connectivity index (χ3n) is 3.82. The molecule has 0 atom stereocenters. The van der Waals surface area contributed by atoms with Crippen molar-refractivity contribution in [3.63, 3.8) is 0 Å². The van der Waals surface area contributed by atoms with Gasteiger partial charge in [0.2, 0.25) is 0 Å². The zero-order valence-electron chi connectivity index (χ0n) is 11.6. The van der Waals surface area contributed by atoms with Crippen LogP contribution in [0.4, 0.5) is 0 Å². The van der Waals surface area contributed by atoms with Crippen LogP contribution in [0.2, 0.25) is 0 Å². The van der Waals surface area contributed by atoms with Gasteiger partial charge in [-0.1, -0.05) is 18.2 Å². The summed E-state index contributed by atoms with van der Waals surface area (Å²) in [5, 5.41) is 0. The SMILES string of the molecule is COC(=O)C1(CSc2ccccc2)CCN(C)CC1. The first-order chi connectivity index (χ1) is 9.16. The number of nitrogens with zero attached hydrogens (tertiary/aromatic N) is 1. The smallest absolute Gasteiger partial charge is 0.312 e. The van der Waals surface area contributed by atoms with Crippen LogP contribution in [-0.2, 0) is 9.53 Å². The number of esters is 1. The highest BCUT2D eigenvalue weighted by atomic mass is 32.2. The van der Waals surface area contributed by atoms with Crippen LogP contribution in [-0.4, -0.2) is 43.9 Å². The summed E-state index contributed by atoms with van der Waals surface area (Å²) in [7, 11) is 3.60. The van der Waals surface area contributed by atoms with Gasteiger partial charge in [0.15, 0.2) is 0 Å². The second kappa shape index (κ2) is 6.44. The summed E-state index contributed by atoms with van der Waals surface area (Å²) in [6, 6.07) is 10.2. The summed E-state index contributed by atoms with van der Waals surface area (Å²) in [6.45, 7) is 1.93. The first-order valence-corrected chi connectivity index (χ1v) is 7.60. The number of hydrogen-bond donors (Lipinski definition) is 0. The quantitative estimate of drug-likeness (QED) is 0.626. The van der Waals surface area contributed by atoms with Gasteiger partial charge in [-0.3, -0.25) is 4.79 Å². The largest absolute Gasteiger partial charge is 0.469 e. The van der Waals surface area contributed by atoms with Gasteiger partial charge in [0.05, 0.1) is 12.5 Å². The highest BCUT2D eigenvalue weighted by Crippen LogP contribution is 2.38. The molecule has 0 aliphatic carbocycles. The topological polar surface area (TPSA) is 29.5 Å². The Bertz CT molecular complexity index is 413. The lowest BCUT2D eigenvalue weighted by molar-refractivity contribution is -0.153. The third-order valence-corrected chi connectivity index (χ3v) is 5.12. The van der Waals surface area contributed by atoms with Crippen molar-refractivity contribution >= 4 is 17.7 Å². The van der Waals surface area contributed by atoms with Crippen LogP contribution >= 0.6 is 11.8 Å². The average Bonchev–Trinajstić information content (AvgIpc) is 2.47. The Balaban J connectivity index is 2.04. The number of likely N-dealkylation sites (tertiary alicyclic amines) is 1. The molecule has 0 N–H and O–H groups in total. The van der Waals surface area contributed by atoms with Crippen LogP contribution in [0.1, 0.15) is 12.8 Å². The number of rotatable bonds is 4. The second-order valence-electron chi connectivity index (χ2n) is 5.18. The molecule has 1 aliphatic heterocycles. The molecule has 19 heavy (non-hydrogen) atoms. The molecule has 1 heterocycles. The van der Waals surface area contributed by atoms with Crippen LogP contribution in [0.5, 0.6) is 0 Å². The van der Waals surface area contributed by atoms with Gasteiger partial charge >= 0.3 is 5.97 Å². The lowest BCUT2D eigenvalue weighted by Crippen LogP contribution is -2.45. The highest BCUT2D eigenvalue weighted by molar-refractivity contribution is 7.99. The standard InChI is InChI=1S/C15H21NO2S/c1-16-10-8-15(9-11-16,14(17)18-2)12-19-13-6-4-3-5-7-13/h3-7H,8-12H2,1-2H3. The maximum atomic E-state index is 12.2. The number of carbonyl (C=O) groups is 1. The molecule has 2 rings (SSSR count). The van der Waals surface area contributed by atoms with Crippen molar-refractivity contribution in [2.45, 2.75) is 17.7 Å². The Hall–Kier alpha value is -1.00. The Morgan fingerprint density at radius 1 is 1.32 bits per heavy atom. The van der Waals surface area contributed by atoms with Crippen LogP contribution < -0.4 is 0 Å². The fourth-order valence-electron chi connectivity index (χ4n) is 2.41. The first kappa shape index (κ1) is 14.4. The lowest BCUT2D eigenvalue weighted by atomic mass is 9.80. The van der Waals surface area contributed by atoms with Gasteiger partial charge in [-0.2, -0.15) is 0 Å². The Labute approximate surface area is 119 Å². The summed E-state index contributed by atoms with van der Waals surface area (Å²) in [5.74, 6) is 0.751. The second-order valence-corrected chi connectivity index (χ2v) is 6.23. The van der Waals surface area contributed by atoms with E-state index in [2.05, 4.69) is 24.1 Å². The first-order valence-electron chi connectivity index (χ1n) is 6.61. The van der Waals surface area contributed by atoms with Gasteiger partial charge in [-0.15, -0.1) is 11.8 Å². The molecular formula is C15H21NO2S. The molecule has 1 aromatic carbocycles. The molecule has 1 saturated heterocycles. The van der Waals surface area contributed by atoms with Crippen molar-refractivity contribution in [2.24, 2.45) is 5.41 Å². The molecule has 0 radical (unpaired) electrons. The highest BCUT2D eigenvalue weighted by Gasteiger charge is 2.41. The van der Waals surface area contributed by atoms with Crippen LogP contribution in [0, 0.1) is 5.41 Å². The molecule has 1 fully saturated rings. The molecule has 0 spiro atoms. The predicted molar refractivity (Wildman–Crippen MR) is 78.3 cm³/mol. The fourth-order valence-corrected chi connectivity index (χ4v) is 3.61. The summed E-state index contributed by atoms with van der Waals surface area (Å²) in [4.78, 5) is 15.6. The number of ether oxygens (including phenoxy) is 1. The molecule has 1 aromatic rings. The van der Waals surface area contributed by atoms with E-state index in [1.165, 1.54) is 12.0 Å². The van der Waals surface area contributed by atoms with Gasteiger partial charge in [0.25, 0.3) is 0 Å². The van der Waals surface area contributed by atoms with Gasteiger partial charge in [0, 0.05) is 10.6 Å². The number of hydrogen-bond acceptors (Lipinski definition) is 4. The number of carbonyl (C=O) groups excluding carboxylic acids is 1. The van der Waals surface area contributed by atoms with Crippen molar-refractivity contribution in [1.29, 1.82) is 0 Å². The number of benzene rings is 1. The number of piperidine rings is 1. The molecule has 4 heteroatoms. The minimum Gasteiger partial charge on any atom is -0.469 e. The van der Waals surface area contributed by atoms with E-state index in [1.807, 2.05) is 18.2 Å². The van der Waals surface area contributed by atoms with Crippen molar-refractivity contribution in [1.82, 2.24) is 4.90 Å². The van der Waals surface area contributed by atoms with E-state index >= 15 is 0 Å². The van der Waals surface area contributed by atoms with Crippen molar-refractivity contribution in [2.75, 3.05) is 33.0 Å². The molecule has 0 aromatic heterocycles. The van der Waals surface area contributed by atoms with E-state index < -0.39 is 0 Å².